The highest BCUT2D eigenvalue weighted by atomic mass is 35.5. The number of nitrogens with zero attached hydrogens (tertiary/aromatic N) is 5. The number of hydrogen-bond donors (Lipinski definition) is 2. The van der Waals surface area contributed by atoms with Crippen LogP contribution in [0.25, 0.3) is 118 Å². The van der Waals surface area contributed by atoms with Crippen LogP contribution in [-0.2, 0) is 10.9 Å². The van der Waals surface area contributed by atoms with Crippen molar-refractivity contribution in [1.82, 2.24) is 4.98 Å². The van der Waals surface area contributed by atoms with E-state index in [4.69, 9.17) is 56.9 Å². The molecule has 124 heavy (non-hydrogen) atoms. The van der Waals surface area contributed by atoms with Crippen LogP contribution >= 0.6 is 103 Å². The normalized spacial score (nSPS) is 15.2. The van der Waals surface area contributed by atoms with Crippen LogP contribution in [0.15, 0.2) is 206 Å². The van der Waals surface area contributed by atoms with E-state index in [1.165, 1.54) is 108 Å². The number of rotatable bonds is 11. The number of benzene rings is 4. The molecule has 31 heteroatoms. The molecule has 19 nitrogen and oxygen atoms in total. The molecule has 17 heterocycles. The van der Waals surface area contributed by atoms with Gasteiger partial charge in [-0.05, 0) is 179 Å². The lowest BCUT2D eigenvalue weighted by atomic mass is 10.1. The molecule has 0 radical (unpaired) electrons. The topological polar surface area (TPSA) is 230 Å². The first-order chi connectivity index (χ1) is 60.2. The molecule has 0 saturated carbocycles. The zero-order valence-electron chi connectivity index (χ0n) is 67.1. The summed E-state index contributed by atoms with van der Waals surface area (Å²) in [6.45, 7) is 9.11. The lowest BCUT2D eigenvalue weighted by Crippen LogP contribution is -2.29. The van der Waals surface area contributed by atoms with Gasteiger partial charge < -0.3 is 61.4 Å². The van der Waals surface area contributed by atoms with E-state index in [9.17, 15) is 47.0 Å². The molecule has 4 aromatic carbocycles. The van der Waals surface area contributed by atoms with Gasteiger partial charge in [0.15, 0.2) is 62.2 Å². The summed E-state index contributed by atoms with van der Waals surface area (Å²) >= 11 is 26.0. The summed E-state index contributed by atoms with van der Waals surface area (Å²) in [7, 11) is 1.27. The van der Waals surface area contributed by atoms with Crippen LogP contribution in [0.3, 0.4) is 0 Å². The minimum Gasteiger partial charge on any atom is -0.505 e. The van der Waals surface area contributed by atoms with E-state index < -0.39 is 17.7 Å². The molecule has 0 spiro atoms. The quantitative estimate of drug-likeness (QED) is 0.115. The second kappa shape index (κ2) is 37.8. The summed E-state index contributed by atoms with van der Waals surface area (Å²) in [4.78, 5) is 88.2. The van der Waals surface area contributed by atoms with Gasteiger partial charge in [0.05, 0.1) is 22.7 Å². The maximum atomic E-state index is 12.8. The minimum absolute atomic E-state index is 0.00753. The van der Waals surface area contributed by atoms with Gasteiger partial charge in [-0.25, -0.2) is 4.79 Å². The molecule has 5 aliphatic heterocycles. The number of aromatic hydroxyl groups is 1. The second-order valence-electron chi connectivity index (χ2n) is 30.8. The molecule has 640 valence electrons. The number of halogens is 6. The van der Waals surface area contributed by atoms with Gasteiger partial charge in [-0.15, -0.1) is 68.0 Å². The van der Waals surface area contributed by atoms with E-state index in [0.717, 1.165) is 204 Å². The van der Waals surface area contributed by atoms with Gasteiger partial charge in [-0.3, -0.25) is 24.0 Å². The van der Waals surface area contributed by atoms with Crippen molar-refractivity contribution < 1.29 is 49.9 Å². The van der Waals surface area contributed by atoms with Crippen LogP contribution in [0.4, 0.5) is 42.6 Å². The fraction of sp³-hybridized carbons (Fsp3) is 0.290. The zero-order valence-corrected chi connectivity index (χ0v) is 74.2. The summed E-state index contributed by atoms with van der Waals surface area (Å²) in [5.41, 5.74) is 11.4. The van der Waals surface area contributed by atoms with Gasteiger partial charge in [-0.2, -0.15) is 13.2 Å². The third-order valence-electron chi connectivity index (χ3n) is 22.7. The Kier molecular flexibility index (Phi) is 26.1. The number of aromatic amines is 1. The van der Waals surface area contributed by atoms with Crippen LogP contribution in [0.5, 0.6) is 5.75 Å². The highest BCUT2D eigenvalue weighted by Crippen LogP contribution is 2.46. The fourth-order valence-electron chi connectivity index (χ4n) is 16.1. The van der Waals surface area contributed by atoms with Gasteiger partial charge in [-0.1, -0.05) is 71.2 Å². The monoisotopic (exact) mass is 1840 g/mol. The summed E-state index contributed by atoms with van der Waals surface area (Å²) in [5, 5.41) is 24.5. The minimum atomic E-state index is -4.37. The number of fused-ring (bicyclic) bond motifs is 6. The first-order valence-corrected chi connectivity index (χ1v) is 47.5. The molecule has 16 aromatic rings. The zero-order chi connectivity index (χ0) is 85.9. The summed E-state index contributed by atoms with van der Waals surface area (Å²) in [6, 6.07) is 34.3. The number of carbonyl (C=O) groups excluding carboxylic acids is 1. The van der Waals surface area contributed by atoms with E-state index in [1.54, 1.807) is 52.5 Å². The second-order valence-corrected chi connectivity index (χ2v) is 37.4. The highest BCUT2D eigenvalue weighted by Gasteiger charge is 2.32. The molecular weight excluding hydrogens is 1760 g/mol. The van der Waals surface area contributed by atoms with E-state index in [2.05, 4.69) is 58.5 Å². The Labute approximate surface area is 746 Å². The van der Waals surface area contributed by atoms with Crippen LogP contribution < -0.4 is 51.6 Å². The third kappa shape index (κ3) is 18.5. The summed E-state index contributed by atoms with van der Waals surface area (Å²) in [5.74, 6) is 2.42. The van der Waals surface area contributed by atoms with Crippen LogP contribution in [0.2, 0.25) is 15.1 Å². The fourth-order valence-corrected chi connectivity index (χ4v) is 22.0. The molecule has 2 N–H and O–H groups in total. The maximum absolute atomic E-state index is 12.8. The number of H-pyrrole nitrogens is 1. The molecule has 0 amide bonds. The molecule has 21 rings (SSSR count). The van der Waals surface area contributed by atoms with Gasteiger partial charge in [0.25, 0.3) is 0 Å². The number of alkyl halides is 3. The Hall–Kier alpha value is -10.4. The number of piperidine rings is 5. The number of ether oxygens (including phenoxy) is 1. The molecule has 0 aliphatic carbocycles. The van der Waals surface area contributed by atoms with Crippen LogP contribution in [0.1, 0.15) is 112 Å². The van der Waals surface area contributed by atoms with Crippen molar-refractivity contribution in [2.75, 3.05) is 97.1 Å². The van der Waals surface area contributed by atoms with E-state index in [0.29, 0.717) is 118 Å². The third-order valence-corrected chi connectivity index (χ3v) is 29.5. The van der Waals surface area contributed by atoms with Crippen molar-refractivity contribution in [3.63, 3.8) is 0 Å². The Morgan fingerprint density at radius 2 is 0.694 bits per heavy atom. The van der Waals surface area contributed by atoms with E-state index in [-0.39, 0.29) is 37.8 Å². The molecule has 5 saturated heterocycles. The molecule has 0 bridgehead atoms. The highest BCUT2D eigenvalue weighted by molar-refractivity contribution is 7.19. The van der Waals surface area contributed by atoms with Crippen molar-refractivity contribution in [2.45, 2.75) is 102 Å². The van der Waals surface area contributed by atoms with Crippen LogP contribution in [-0.4, -0.2) is 88.6 Å². The van der Waals surface area contributed by atoms with Crippen molar-refractivity contribution in [3.05, 3.63) is 236 Å². The number of methoxy groups -OCH3 is 1. The molecular formula is C93H82Cl3F3N6O13S6. The average molecular weight is 1850 g/mol. The predicted molar refractivity (Wildman–Crippen MR) is 502 cm³/mol. The largest absolute Gasteiger partial charge is 0.505 e. The molecule has 0 atom stereocenters. The van der Waals surface area contributed by atoms with E-state index >= 15 is 0 Å². The number of anilines is 5. The number of thiophene rings is 6. The first kappa shape index (κ1) is 85.8. The summed E-state index contributed by atoms with van der Waals surface area (Å²) < 4.78 is 76.6. The number of nitrogens with one attached hydrogen (secondary N) is 1. The van der Waals surface area contributed by atoms with Crippen molar-refractivity contribution in [2.24, 2.45) is 0 Å². The predicted octanol–water partition coefficient (Wildman–Crippen LogP) is 25.6. The lowest BCUT2D eigenvalue weighted by molar-refractivity contribution is -0.137. The molecule has 5 fully saturated rings. The SMILES string of the molecule is COC(=O)c1scc(-c2csc3c(=O)cc(N4CCCCC4)oc23)c1O.O=c1cc(N2CCCCC2)oc2c(-c3ccc(C(F)(F)F)cc3)csc12.O=c1cc(N2CCCCC2)oc2c(-c3ccc(Cl)c(Cl)c3)csc12.O=c1cc(N2CCCCC2)oc2c(-c3ccc(Cl)cc3)csc12.O=c1cc(N2CCCCC2)oc2c(-c3ccc4[nH]ccc4c3)csc12. The average Bonchev–Trinajstić information content (AvgIpc) is 1.62. The maximum Gasteiger partial charge on any atom is 0.416 e. The molecule has 0 unspecified atom stereocenters. The van der Waals surface area contributed by atoms with Crippen molar-refractivity contribution >= 4 is 201 Å². The Morgan fingerprint density at radius 1 is 0.379 bits per heavy atom. The molecule has 12 aromatic heterocycles. The first-order valence-electron chi connectivity index (χ1n) is 41.1. The van der Waals surface area contributed by atoms with Gasteiger partial charge in [0.1, 0.15) is 29.2 Å². The smallest absolute Gasteiger partial charge is 0.416 e. The summed E-state index contributed by atoms with van der Waals surface area (Å²) in [6.07, 6.45) is 14.8. The lowest BCUT2D eigenvalue weighted by Gasteiger charge is -2.26. The Bertz CT molecular complexity index is 6890. The Morgan fingerprint density at radius 3 is 1.05 bits per heavy atom. The van der Waals surface area contributed by atoms with Crippen molar-refractivity contribution in [3.8, 4) is 61.4 Å². The van der Waals surface area contributed by atoms with Gasteiger partial charge >= 0.3 is 12.1 Å². The van der Waals surface area contributed by atoms with Crippen molar-refractivity contribution in [1.29, 1.82) is 0 Å². The number of carbonyl (C=O) groups is 1. The number of esters is 1. The molecule has 5 aliphatic rings. The Balaban J connectivity index is 0.000000110. The van der Waals surface area contributed by atoms with Gasteiger partial charge in [0.2, 0.25) is 27.1 Å². The van der Waals surface area contributed by atoms with E-state index in [1.807, 2.05) is 52.7 Å². The van der Waals surface area contributed by atoms with Gasteiger partial charge in [0, 0.05) is 178 Å². The standard InChI is InChI=1S/C20H18N2O2S.C19H16F3NO2S.C18H15Cl2NO2S.C18H16ClNO2S.C18H17NO5S2/c23-17-11-18(22-8-2-1-3-9-22)24-19-15(12-25-20(17)19)13-4-5-16-14(10-13)6-7-21-16;20-19(21,22)13-6-4-12(5-7-13)14-11-26-18-15(24)10-16(25-17(14)18)23-8-2-1-3-9-23;19-13-5-4-11(8-14(13)20)12-10-24-18-15(22)9-16(23-17(12)18)21-6-2-1-3-7-21;19-13-6-4-12(5-7-13)14-11-23-18-15(21)10-16(22-17(14)18)20-8-2-1-3-9-20;1-23-18(22)17-14(21)10(8-26-17)11-9-25-16-12(20)7-13(24-15(11)16)19-5-3-2-4-6-19/h4-7,10-12,21H,1-3,8-9H2;4-7,10-11H,1-3,8-9H2;4-5,8-10H,1-3,6-7H2;4-7,10-11H,1-3,8-9H2;7-9,21H,2-6H2,1H3. The number of hydrogen-bond acceptors (Lipinski definition) is 24. The number of aromatic nitrogens is 1. The van der Waals surface area contributed by atoms with Crippen LogP contribution in [0, 0.1) is 0 Å².